The summed E-state index contributed by atoms with van der Waals surface area (Å²) in [5, 5.41) is 5.10. The number of amides is 2. The summed E-state index contributed by atoms with van der Waals surface area (Å²) in [5.41, 5.74) is 1.55. The predicted octanol–water partition coefficient (Wildman–Crippen LogP) is -0.203. The summed E-state index contributed by atoms with van der Waals surface area (Å²) < 4.78 is 29.3. The molecular formula is C17H25N3O5S. The van der Waals surface area contributed by atoms with Crippen LogP contribution in [-0.2, 0) is 24.2 Å². The number of benzene rings is 1. The van der Waals surface area contributed by atoms with Gasteiger partial charge in [-0.1, -0.05) is 17.7 Å². The molecule has 0 aromatic heterocycles. The minimum Gasteiger partial charge on any atom is -0.379 e. The summed E-state index contributed by atoms with van der Waals surface area (Å²) in [5.74, 6) is -2.67. The maximum Gasteiger partial charge on any atom is 0.239 e. The van der Waals surface area contributed by atoms with Crippen molar-refractivity contribution in [3.8, 4) is 0 Å². The number of rotatable bonds is 8. The van der Waals surface area contributed by atoms with E-state index in [4.69, 9.17) is 4.74 Å². The number of nitrogens with one attached hydrogen (secondary N) is 2. The van der Waals surface area contributed by atoms with Crippen LogP contribution in [0.1, 0.15) is 5.56 Å². The molecule has 0 radical (unpaired) electrons. The normalized spacial score (nSPS) is 15.4. The minimum absolute atomic E-state index is 0.365. The summed E-state index contributed by atoms with van der Waals surface area (Å²) in [7, 11) is -3.82. The van der Waals surface area contributed by atoms with Crippen molar-refractivity contribution in [2.24, 2.45) is 0 Å². The third kappa shape index (κ3) is 7.51. The van der Waals surface area contributed by atoms with E-state index in [1.165, 1.54) is 0 Å². The second kappa shape index (κ2) is 9.65. The second-order valence-corrected chi connectivity index (χ2v) is 8.31. The van der Waals surface area contributed by atoms with E-state index < -0.39 is 33.2 Å². The van der Waals surface area contributed by atoms with Crippen molar-refractivity contribution in [3.05, 3.63) is 29.8 Å². The van der Waals surface area contributed by atoms with Crippen molar-refractivity contribution in [2.75, 3.05) is 56.2 Å². The molecule has 0 spiro atoms. The Labute approximate surface area is 153 Å². The van der Waals surface area contributed by atoms with Gasteiger partial charge in [-0.25, -0.2) is 8.42 Å². The fourth-order valence-electron chi connectivity index (χ4n) is 2.51. The first-order chi connectivity index (χ1) is 12.3. The highest BCUT2D eigenvalue weighted by Crippen LogP contribution is 2.08. The lowest BCUT2D eigenvalue weighted by molar-refractivity contribution is -0.118. The quantitative estimate of drug-likeness (QED) is 0.644. The Morgan fingerprint density at radius 1 is 1.08 bits per heavy atom. The Morgan fingerprint density at radius 3 is 2.35 bits per heavy atom. The zero-order chi connectivity index (χ0) is 19.0. The number of ether oxygens (including phenoxy) is 1. The van der Waals surface area contributed by atoms with Crippen LogP contribution in [0.2, 0.25) is 0 Å². The summed E-state index contributed by atoms with van der Waals surface area (Å²) in [6.07, 6.45) is 0. The largest absolute Gasteiger partial charge is 0.379 e. The molecular weight excluding hydrogens is 358 g/mol. The highest BCUT2D eigenvalue weighted by molar-refractivity contribution is 7.92. The number of nitrogens with zero attached hydrogens (tertiary/aromatic N) is 1. The average Bonchev–Trinajstić information content (AvgIpc) is 2.57. The third-order valence-electron chi connectivity index (χ3n) is 3.89. The Hall–Kier alpha value is -1.97. The molecule has 1 aliphatic heterocycles. The molecule has 1 heterocycles. The third-order valence-corrected chi connectivity index (χ3v) is 5.30. The van der Waals surface area contributed by atoms with Crippen LogP contribution in [0.5, 0.6) is 0 Å². The number of carbonyl (C=O) groups is 2. The number of aryl methyl sites for hydroxylation is 1. The number of carbonyl (C=O) groups excluding carboxylic acids is 2. The van der Waals surface area contributed by atoms with Crippen LogP contribution in [0.4, 0.5) is 5.69 Å². The summed E-state index contributed by atoms with van der Waals surface area (Å²) >= 11 is 0. The molecule has 0 unspecified atom stereocenters. The number of hydrogen-bond acceptors (Lipinski definition) is 6. The lowest BCUT2D eigenvalue weighted by Crippen LogP contribution is -2.42. The highest BCUT2D eigenvalue weighted by Gasteiger charge is 2.21. The maximum atomic E-state index is 12.0. The van der Waals surface area contributed by atoms with Gasteiger partial charge >= 0.3 is 0 Å². The SMILES string of the molecule is Cc1ccc(NC(=O)CS(=O)(=O)CC(=O)NCCN2CCOCC2)cc1. The molecule has 144 valence electrons. The molecule has 9 heteroatoms. The first-order valence-corrected chi connectivity index (χ1v) is 10.3. The van der Waals surface area contributed by atoms with Crippen molar-refractivity contribution >= 4 is 27.3 Å². The molecule has 8 nitrogen and oxygen atoms in total. The monoisotopic (exact) mass is 383 g/mol. The van der Waals surface area contributed by atoms with Crippen LogP contribution in [0.3, 0.4) is 0 Å². The molecule has 2 N–H and O–H groups in total. The Balaban J connectivity index is 1.71. The molecule has 2 rings (SSSR count). The van der Waals surface area contributed by atoms with Gasteiger partial charge in [-0.2, -0.15) is 0 Å². The van der Waals surface area contributed by atoms with Crippen molar-refractivity contribution in [3.63, 3.8) is 0 Å². The van der Waals surface area contributed by atoms with E-state index in [1.54, 1.807) is 12.1 Å². The van der Waals surface area contributed by atoms with Crippen molar-refractivity contribution in [1.29, 1.82) is 0 Å². The van der Waals surface area contributed by atoms with Gasteiger partial charge in [0.1, 0.15) is 11.5 Å². The number of hydrogen-bond donors (Lipinski definition) is 2. The number of sulfone groups is 1. The Bertz CT molecular complexity index is 712. The van der Waals surface area contributed by atoms with Crippen LogP contribution in [0.15, 0.2) is 24.3 Å². The molecule has 0 aliphatic carbocycles. The van der Waals surface area contributed by atoms with Gasteiger partial charge < -0.3 is 15.4 Å². The van der Waals surface area contributed by atoms with E-state index in [0.29, 0.717) is 32.0 Å². The lowest BCUT2D eigenvalue weighted by Gasteiger charge is -2.26. The molecule has 2 amide bonds. The van der Waals surface area contributed by atoms with E-state index in [2.05, 4.69) is 15.5 Å². The lowest BCUT2D eigenvalue weighted by atomic mass is 10.2. The molecule has 1 aliphatic rings. The van der Waals surface area contributed by atoms with Gasteiger partial charge in [0.15, 0.2) is 9.84 Å². The summed E-state index contributed by atoms with van der Waals surface area (Å²) in [4.78, 5) is 25.8. The smallest absolute Gasteiger partial charge is 0.239 e. The van der Waals surface area contributed by atoms with Crippen LogP contribution in [0, 0.1) is 6.92 Å². The number of morpholine rings is 1. The van der Waals surface area contributed by atoms with E-state index in [-0.39, 0.29) is 0 Å². The van der Waals surface area contributed by atoms with Crippen LogP contribution < -0.4 is 10.6 Å². The molecule has 1 aromatic rings. The van der Waals surface area contributed by atoms with Crippen molar-refractivity contribution in [2.45, 2.75) is 6.92 Å². The summed E-state index contributed by atoms with van der Waals surface area (Å²) in [6, 6.07) is 7.01. The molecule has 1 saturated heterocycles. The average molecular weight is 383 g/mol. The van der Waals surface area contributed by atoms with E-state index in [1.807, 2.05) is 19.1 Å². The van der Waals surface area contributed by atoms with Gasteiger partial charge in [0.25, 0.3) is 0 Å². The van der Waals surface area contributed by atoms with Gasteiger partial charge in [-0.3, -0.25) is 14.5 Å². The highest BCUT2D eigenvalue weighted by atomic mass is 32.2. The first-order valence-electron chi connectivity index (χ1n) is 8.48. The zero-order valence-electron chi connectivity index (χ0n) is 14.9. The summed E-state index contributed by atoms with van der Waals surface area (Å²) in [6.45, 7) is 5.85. The standard InChI is InChI=1S/C17H25N3O5S/c1-14-2-4-15(5-3-14)19-17(22)13-26(23,24)12-16(21)18-6-7-20-8-10-25-11-9-20/h2-5H,6-13H2,1H3,(H,18,21)(H,19,22). The van der Waals surface area contributed by atoms with Crippen molar-refractivity contribution in [1.82, 2.24) is 10.2 Å². The van der Waals surface area contributed by atoms with E-state index in [0.717, 1.165) is 18.7 Å². The van der Waals surface area contributed by atoms with Crippen LogP contribution in [0.25, 0.3) is 0 Å². The fourth-order valence-corrected chi connectivity index (χ4v) is 3.59. The van der Waals surface area contributed by atoms with Gasteiger partial charge in [-0.05, 0) is 19.1 Å². The topological polar surface area (TPSA) is 105 Å². The molecule has 1 fully saturated rings. The van der Waals surface area contributed by atoms with Gasteiger partial charge in [-0.15, -0.1) is 0 Å². The minimum atomic E-state index is -3.82. The van der Waals surface area contributed by atoms with Gasteiger partial charge in [0.2, 0.25) is 11.8 Å². The fraction of sp³-hybridized carbons (Fsp3) is 0.529. The molecule has 0 bridgehead atoms. The van der Waals surface area contributed by atoms with Gasteiger partial charge in [0, 0.05) is 31.9 Å². The van der Waals surface area contributed by atoms with E-state index in [9.17, 15) is 18.0 Å². The predicted molar refractivity (Wildman–Crippen MR) is 98.7 cm³/mol. The Morgan fingerprint density at radius 2 is 1.69 bits per heavy atom. The van der Waals surface area contributed by atoms with E-state index >= 15 is 0 Å². The molecule has 0 atom stereocenters. The van der Waals surface area contributed by atoms with Gasteiger partial charge in [0.05, 0.1) is 13.2 Å². The van der Waals surface area contributed by atoms with Crippen molar-refractivity contribution < 1.29 is 22.7 Å². The first kappa shape index (κ1) is 20.3. The second-order valence-electron chi connectivity index (χ2n) is 6.25. The molecule has 0 saturated carbocycles. The number of anilines is 1. The zero-order valence-corrected chi connectivity index (χ0v) is 15.7. The van der Waals surface area contributed by atoms with Crippen LogP contribution >= 0.6 is 0 Å². The molecule has 26 heavy (non-hydrogen) atoms. The maximum absolute atomic E-state index is 12.0. The van der Waals surface area contributed by atoms with Crippen LogP contribution in [-0.4, -0.2) is 76.0 Å². The molecule has 1 aromatic carbocycles. The Kier molecular flexibility index (Phi) is 7.55.